The molecule has 0 atom stereocenters. The topological polar surface area (TPSA) is 87.7 Å². The van der Waals surface area contributed by atoms with E-state index in [1.807, 2.05) is 30.3 Å². The number of amidine groups is 1. The number of rotatable bonds is 4. The fourth-order valence-electron chi connectivity index (χ4n) is 2.19. The Bertz CT molecular complexity index is 908. The molecule has 0 aliphatic carbocycles. The van der Waals surface area contributed by atoms with Crippen molar-refractivity contribution >= 4 is 17.4 Å². The standard InChI is InChI=1S/C21H20FN3O2/c1-15(27)25-21(24-13-14-26)19(12-7-16-5-3-2-4-6-16)20(23)17-8-10-18(22)11-9-17/h2-6,8-11,26H,13-14,23H2,1H3,(H,24,25,27). The van der Waals surface area contributed by atoms with Crippen molar-refractivity contribution < 1.29 is 14.3 Å². The number of nitrogens with one attached hydrogen (secondary N) is 1. The zero-order valence-electron chi connectivity index (χ0n) is 14.9. The summed E-state index contributed by atoms with van der Waals surface area (Å²) in [6.07, 6.45) is 0. The molecule has 0 saturated heterocycles. The lowest BCUT2D eigenvalue weighted by atomic mass is 10.1. The highest BCUT2D eigenvalue weighted by atomic mass is 19.1. The van der Waals surface area contributed by atoms with Crippen molar-refractivity contribution in [1.82, 2.24) is 5.32 Å². The molecule has 2 rings (SSSR count). The Balaban J connectivity index is 2.59. The van der Waals surface area contributed by atoms with E-state index in [-0.39, 0.29) is 42.0 Å². The Morgan fingerprint density at radius 3 is 2.44 bits per heavy atom. The highest BCUT2D eigenvalue weighted by Crippen LogP contribution is 2.15. The van der Waals surface area contributed by atoms with Crippen LogP contribution in [0.3, 0.4) is 0 Å². The monoisotopic (exact) mass is 365 g/mol. The van der Waals surface area contributed by atoms with Gasteiger partial charge in [0.25, 0.3) is 0 Å². The Kier molecular flexibility index (Phi) is 7.29. The SMILES string of the molecule is CC(=O)NC(=NCCO)C(C#Cc1ccccc1)=C(N)c1ccc(F)cc1. The highest BCUT2D eigenvalue weighted by molar-refractivity contribution is 6.14. The first-order chi connectivity index (χ1) is 13.0. The van der Waals surface area contributed by atoms with Gasteiger partial charge in [-0.2, -0.15) is 0 Å². The Morgan fingerprint density at radius 1 is 1.19 bits per heavy atom. The number of nitrogens with two attached hydrogens (primary N) is 1. The van der Waals surface area contributed by atoms with Crippen LogP contribution in [0.2, 0.25) is 0 Å². The normalized spacial score (nSPS) is 11.9. The maximum absolute atomic E-state index is 13.2. The zero-order valence-corrected chi connectivity index (χ0v) is 14.9. The van der Waals surface area contributed by atoms with E-state index >= 15 is 0 Å². The van der Waals surface area contributed by atoms with Gasteiger partial charge in [-0.1, -0.05) is 30.0 Å². The first-order valence-electron chi connectivity index (χ1n) is 8.27. The van der Waals surface area contributed by atoms with Gasteiger partial charge >= 0.3 is 0 Å². The molecule has 0 fully saturated rings. The van der Waals surface area contributed by atoms with E-state index in [2.05, 4.69) is 22.2 Å². The first kappa shape index (κ1) is 19.9. The lowest BCUT2D eigenvalue weighted by molar-refractivity contribution is -0.117. The molecule has 0 unspecified atom stereocenters. The van der Waals surface area contributed by atoms with Crippen molar-refractivity contribution in [3.63, 3.8) is 0 Å². The van der Waals surface area contributed by atoms with Crippen molar-refractivity contribution in [2.24, 2.45) is 10.7 Å². The van der Waals surface area contributed by atoms with E-state index in [9.17, 15) is 9.18 Å². The summed E-state index contributed by atoms with van der Waals surface area (Å²) < 4.78 is 13.2. The molecular formula is C21H20FN3O2. The van der Waals surface area contributed by atoms with Gasteiger partial charge in [0.15, 0.2) is 0 Å². The molecule has 0 aromatic heterocycles. The van der Waals surface area contributed by atoms with Crippen molar-refractivity contribution in [2.75, 3.05) is 13.2 Å². The predicted octanol–water partition coefficient (Wildman–Crippen LogP) is 2.07. The molecule has 138 valence electrons. The summed E-state index contributed by atoms with van der Waals surface area (Å²) >= 11 is 0. The van der Waals surface area contributed by atoms with Crippen LogP contribution in [-0.4, -0.2) is 30.0 Å². The summed E-state index contributed by atoms with van der Waals surface area (Å²) in [7, 11) is 0. The molecule has 0 radical (unpaired) electrons. The number of hydrogen-bond donors (Lipinski definition) is 3. The van der Waals surface area contributed by atoms with Crippen LogP contribution >= 0.6 is 0 Å². The molecule has 0 spiro atoms. The van der Waals surface area contributed by atoms with Gasteiger partial charge in [0, 0.05) is 12.5 Å². The summed E-state index contributed by atoms with van der Waals surface area (Å²) in [5.74, 6) is 5.34. The van der Waals surface area contributed by atoms with E-state index in [0.29, 0.717) is 5.56 Å². The minimum atomic E-state index is -0.389. The molecule has 0 aliphatic rings. The molecule has 4 N–H and O–H groups in total. The lowest BCUT2D eigenvalue weighted by Crippen LogP contribution is -2.31. The third-order valence-electron chi connectivity index (χ3n) is 3.43. The lowest BCUT2D eigenvalue weighted by Gasteiger charge is -2.11. The Morgan fingerprint density at radius 2 is 1.85 bits per heavy atom. The number of aliphatic hydroxyl groups is 1. The number of halogens is 1. The number of amides is 1. The second-order valence-electron chi connectivity index (χ2n) is 5.55. The molecule has 5 nitrogen and oxygen atoms in total. The number of benzene rings is 2. The quantitative estimate of drug-likeness (QED) is 0.440. The van der Waals surface area contributed by atoms with E-state index in [0.717, 1.165) is 5.56 Å². The molecule has 0 bridgehead atoms. The van der Waals surface area contributed by atoms with Gasteiger partial charge in [-0.05, 0) is 42.0 Å². The fraction of sp³-hybridized carbons (Fsp3) is 0.143. The molecule has 0 aliphatic heterocycles. The van der Waals surface area contributed by atoms with E-state index < -0.39 is 0 Å². The van der Waals surface area contributed by atoms with Crippen LogP contribution in [0.4, 0.5) is 4.39 Å². The van der Waals surface area contributed by atoms with Gasteiger partial charge in [-0.25, -0.2) is 4.39 Å². The molecule has 0 saturated carbocycles. The fourth-order valence-corrected chi connectivity index (χ4v) is 2.19. The number of aliphatic hydroxyl groups excluding tert-OH is 1. The van der Waals surface area contributed by atoms with Crippen molar-refractivity contribution in [3.8, 4) is 11.8 Å². The van der Waals surface area contributed by atoms with Crippen molar-refractivity contribution in [1.29, 1.82) is 0 Å². The molecule has 2 aromatic carbocycles. The summed E-state index contributed by atoms with van der Waals surface area (Å²) in [5.41, 5.74) is 8.08. The van der Waals surface area contributed by atoms with Crippen LogP contribution in [0, 0.1) is 17.7 Å². The smallest absolute Gasteiger partial charge is 0.222 e. The van der Waals surface area contributed by atoms with Gasteiger partial charge < -0.3 is 16.2 Å². The maximum atomic E-state index is 13.2. The second-order valence-corrected chi connectivity index (χ2v) is 5.55. The van der Waals surface area contributed by atoms with Gasteiger partial charge in [-0.15, -0.1) is 0 Å². The second kappa shape index (κ2) is 9.90. The van der Waals surface area contributed by atoms with Crippen LogP contribution < -0.4 is 11.1 Å². The van der Waals surface area contributed by atoms with E-state index in [1.165, 1.54) is 31.2 Å². The van der Waals surface area contributed by atoms with E-state index in [4.69, 9.17) is 10.8 Å². The number of carbonyl (C=O) groups excluding carboxylic acids is 1. The van der Waals surface area contributed by atoms with Gasteiger partial charge in [0.05, 0.1) is 24.4 Å². The van der Waals surface area contributed by atoms with Crippen LogP contribution in [0.25, 0.3) is 5.70 Å². The van der Waals surface area contributed by atoms with Crippen molar-refractivity contribution in [3.05, 3.63) is 77.1 Å². The van der Waals surface area contributed by atoms with Gasteiger partial charge in [0.2, 0.25) is 5.91 Å². The minimum absolute atomic E-state index is 0.0723. The number of aliphatic imine (C=N–C) groups is 1. The Hall–Kier alpha value is -3.43. The minimum Gasteiger partial charge on any atom is -0.397 e. The average Bonchev–Trinajstić information content (AvgIpc) is 2.66. The molecule has 6 heteroatoms. The van der Waals surface area contributed by atoms with E-state index in [1.54, 1.807) is 0 Å². The summed E-state index contributed by atoms with van der Waals surface area (Å²) in [5, 5.41) is 11.7. The van der Waals surface area contributed by atoms with Crippen LogP contribution in [0.15, 0.2) is 65.2 Å². The Labute approximate surface area is 157 Å². The predicted molar refractivity (Wildman–Crippen MR) is 104 cm³/mol. The largest absolute Gasteiger partial charge is 0.397 e. The zero-order chi connectivity index (χ0) is 19.6. The van der Waals surface area contributed by atoms with Crippen LogP contribution in [0.1, 0.15) is 18.1 Å². The van der Waals surface area contributed by atoms with Crippen LogP contribution in [-0.2, 0) is 4.79 Å². The van der Waals surface area contributed by atoms with Gasteiger partial charge in [-0.3, -0.25) is 9.79 Å². The number of hydrogen-bond acceptors (Lipinski definition) is 4. The highest BCUT2D eigenvalue weighted by Gasteiger charge is 2.13. The molecule has 27 heavy (non-hydrogen) atoms. The van der Waals surface area contributed by atoms with Crippen LogP contribution in [0.5, 0.6) is 0 Å². The third kappa shape index (κ3) is 6.10. The molecule has 2 aromatic rings. The number of carbonyl (C=O) groups is 1. The maximum Gasteiger partial charge on any atom is 0.222 e. The first-order valence-corrected chi connectivity index (χ1v) is 8.27. The number of nitrogens with zero attached hydrogens (tertiary/aromatic N) is 1. The molecule has 1 amide bonds. The summed E-state index contributed by atoms with van der Waals surface area (Å²) in [4.78, 5) is 15.8. The summed E-state index contributed by atoms with van der Waals surface area (Å²) in [6, 6.07) is 14.9. The third-order valence-corrected chi connectivity index (χ3v) is 3.43. The van der Waals surface area contributed by atoms with Crippen molar-refractivity contribution in [2.45, 2.75) is 6.92 Å². The average molecular weight is 365 g/mol. The summed E-state index contributed by atoms with van der Waals surface area (Å²) in [6.45, 7) is 1.21. The molecular weight excluding hydrogens is 345 g/mol. The molecule has 0 heterocycles. The van der Waals surface area contributed by atoms with Gasteiger partial charge in [0.1, 0.15) is 11.7 Å².